The van der Waals surface area contributed by atoms with Crippen molar-refractivity contribution in [3.63, 3.8) is 0 Å². The molecular weight excluding hydrogens is 422 g/mol. The van der Waals surface area contributed by atoms with Crippen LogP contribution < -0.4 is 0 Å². The molecule has 0 radical (unpaired) electrons. The van der Waals surface area contributed by atoms with Crippen molar-refractivity contribution < 1.29 is 9.90 Å². The summed E-state index contributed by atoms with van der Waals surface area (Å²) in [7, 11) is 0. The maximum absolute atomic E-state index is 12.8. The molecule has 3 rings (SSSR count). The molecule has 0 aliphatic heterocycles. The highest BCUT2D eigenvalue weighted by Gasteiger charge is 2.22. The van der Waals surface area contributed by atoms with Gasteiger partial charge in [-0.1, -0.05) is 18.3 Å². The lowest BCUT2D eigenvalue weighted by atomic mass is 10.1. The molecule has 0 spiro atoms. The predicted molar refractivity (Wildman–Crippen MR) is 87.2 cm³/mol. The van der Waals surface area contributed by atoms with Gasteiger partial charge in [-0.05, 0) is 50.4 Å². The van der Waals surface area contributed by atoms with Gasteiger partial charge in [0.1, 0.15) is 17.0 Å². The molecule has 5 nitrogen and oxygen atoms in total. The van der Waals surface area contributed by atoms with Gasteiger partial charge < -0.3 is 5.11 Å². The van der Waals surface area contributed by atoms with Crippen molar-refractivity contribution in [1.29, 1.82) is 0 Å². The number of carbonyl (C=O) groups excluding carboxylic acids is 1. The van der Waals surface area contributed by atoms with E-state index in [1.54, 1.807) is 22.2 Å². The smallest absolute Gasteiger partial charge is 0.213 e. The Morgan fingerprint density at radius 2 is 2.05 bits per heavy atom. The molecule has 0 fully saturated rings. The van der Waals surface area contributed by atoms with Crippen LogP contribution in [0.15, 0.2) is 26.6 Å². The SMILES string of the molecule is CCc1nc2scnn2c1C(=O)c1cc(Br)c(O)c(Br)c1. The number of aryl methyl sites for hydroxylation is 1. The minimum absolute atomic E-state index is 0.0642. The van der Waals surface area contributed by atoms with Crippen molar-refractivity contribution in [3.8, 4) is 5.75 Å². The number of nitrogens with zero attached hydrogens (tertiary/aromatic N) is 3. The number of imidazole rings is 1. The number of rotatable bonds is 3. The first-order chi connectivity index (χ1) is 10.0. The first kappa shape index (κ1) is 14.7. The van der Waals surface area contributed by atoms with Crippen LogP contribution in [0.5, 0.6) is 5.75 Å². The van der Waals surface area contributed by atoms with E-state index >= 15 is 0 Å². The lowest BCUT2D eigenvalue weighted by molar-refractivity contribution is 0.103. The average Bonchev–Trinajstić information content (AvgIpc) is 3.03. The summed E-state index contributed by atoms with van der Waals surface area (Å²) in [6.07, 6.45) is 0.650. The molecule has 0 atom stereocenters. The third-order valence-electron chi connectivity index (χ3n) is 3.05. The fourth-order valence-corrected chi connectivity index (χ4v) is 3.87. The number of hydrogen-bond acceptors (Lipinski definition) is 5. The van der Waals surface area contributed by atoms with Gasteiger partial charge in [-0.2, -0.15) is 9.61 Å². The Kier molecular flexibility index (Phi) is 3.85. The van der Waals surface area contributed by atoms with Gasteiger partial charge in [0.15, 0.2) is 0 Å². The number of ketones is 1. The number of benzene rings is 1. The van der Waals surface area contributed by atoms with Gasteiger partial charge in [0.2, 0.25) is 10.7 Å². The van der Waals surface area contributed by atoms with E-state index in [-0.39, 0.29) is 11.5 Å². The van der Waals surface area contributed by atoms with Crippen LogP contribution in [0.1, 0.15) is 28.7 Å². The monoisotopic (exact) mass is 429 g/mol. The largest absolute Gasteiger partial charge is 0.506 e. The maximum Gasteiger partial charge on any atom is 0.213 e. The number of phenolic OH excluding ortho intramolecular Hbond substituents is 1. The first-order valence-corrected chi connectivity index (χ1v) is 8.53. The van der Waals surface area contributed by atoms with Crippen molar-refractivity contribution in [2.75, 3.05) is 0 Å². The standard InChI is InChI=1S/C13H9Br2N3O2S/c1-2-9-10(18-13(17-9)21-5-16-18)11(19)6-3-7(14)12(20)8(15)4-6/h3-5,20H,2H2,1H3. The molecule has 1 aromatic carbocycles. The highest BCUT2D eigenvalue weighted by Crippen LogP contribution is 2.34. The van der Waals surface area contributed by atoms with E-state index in [1.807, 2.05) is 6.92 Å². The van der Waals surface area contributed by atoms with Gasteiger partial charge in [0, 0.05) is 5.56 Å². The highest BCUT2D eigenvalue weighted by molar-refractivity contribution is 9.11. The molecular formula is C13H9Br2N3O2S. The normalized spacial score (nSPS) is 11.2. The van der Waals surface area contributed by atoms with Gasteiger partial charge in [0.05, 0.1) is 14.6 Å². The van der Waals surface area contributed by atoms with Crippen LogP contribution in [0.2, 0.25) is 0 Å². The van der Waals surface area contributed by atoms with Crippen LogP contribution in [-0.4, -0.2) is 25.5 Å². The summed E-state index contributed by atoms with van der Waals surface area (Å²) in [6, 6.07) is 3.18. The number of aromatic nitrogens is 3. The number of fused-ring (bicyclic) bond motifs is 1. The zero-order valence-electron chi connectivity index (χ0n) is 10.8. The Morgan fingerprint density at radius 1 is 1.38 bits per heavy atom. The highest BCUT2D eigenvalue weighted by atomic mass is 79.9. The average molecular weight is 431 g/mol. The van der Waals surface area contributed by atoms with Crippen molar-refractivity contribution in [3.05, 3.63) is 43.5 Å². The Hall–Kier alpha value is -1.25. The van der Waals surface area contributed by atoms with Crippen LogP contribution in [0.4, 0.5) is 0 Å². The summed E-state index contributed by atoms with van der Waals surface area (Å²) >= 11 is 7.87. The lowest BCUT2D eigenvalue weighted by Gasteiger charge is -2.06. The van der Waals surface area contributed by atoms with Gasteiger partial charge in [0.25, 0.3) is 0 Å². The molecule has 0 aliphatic carbocycles. The summed E-state index contributed by atoms with van der Waals surface area (Å²) in [5.74, 6) is -0.110. The fraction of sp³-hybridized carbons (Fsp3) is 0.154. The predicted octanol–water partition coefficient (Wildman–Crippen LogP) is 3.81. The summed E-state index contributed by atoms with van der Waals surface area (Å²) < 4.78 is 2.48. The molecule has 0 saturated carbocycles. The zero-order valence-corrected chi connectivity index (χ0v) is 14.8. The minimum Gasteiger partial charge on any atom is -0.506 e. The Balaban J connectivity index is 2.18. The van der Waals surface area contributed by atoms with Gasteiger partial charge in [-0.3, -0.25) is 4.79 Å². The summed E-state index contributed by atoms with van der Waals surface area (Å²) in [4.78, 5) is 17.9. The van der Waals surface area contributed by atoms with Crippen molar-refractivity contribution in [2.24, 2.45) is 0 Å². The molecule has 0 saturated heterocycles. The number of hydrogen-bond donors (Lipinski definition) is 1. The molecule has 0 amide bonds. The molecule has 1 N–H and O–H groups in total. The van der Waals surface area contributed by atoms with E-state index in [2.05, 4.69) is 41.9 Å². The number of halogens is 2. The van der Waals surface area contributed by atoms with E-state index in [0.29, 0.717) is 31.6 Å². The minimum atomic E-state index is -0.174. The number of carbonyl (C=O) groups is 1. The second-order valence-electron chi connectivity index (χ2n) is 4.31. The van der Waals surface area contributed by atoms with E-state index in [1.165, 1.54) is 11.3 Å². The van der Waals surface area contributed by atoms with Crippen LogP contribution >= 0.6 is 43.2 Å². The molecule has 8 heteroatoms. The van der Waals surface area contributed by atoms with E-state index in [0.717, 1.165) is 5.69 Å². The molecule has 21 heavy (non-hydrogen) atoms. The zero-order chi connectivity index (χ0) is 15.1. The molecule has 2 heterocycles. The van der Waals surface area contributed by atoms with Gasteiger partial charge in [-0.15, -0.1) is 0 Å². The summed E-state index contributed by atoms with van der Waals surface area (Å²) in [5.41, 5.74) is 3.30. The molecule has 0 bridgehead atoms. The quantitative estimate of drug-likeness (QED) is 0.641. The second-order valence-corrected chi connectivity index (χ2v) is 6.83. The number of phenols is 1. The van der Waals surface area contributed by atoms with Gasteiger partial charge in [-0.25, -0.2) is 4.98 Å². The molecule has 108 valence electrons. The van der Waals surface area contributed by atoms with E-state index in [4.69, 9.17) is 0 Å². The topological polar surface area (TPSA) is 67.5 Å². The fourth-order valence-electron chi connectivity index (χ4n) is 2.04. The summed E-state index contributed by atoms with van der Waals surface area (Å²) in [6.45, 7) is 1.95. The Labute approximate surface area is 140 Å². The molecule has 0 unspecified atom stereocenters. The maximum atomic E-state index is 12.8. The Bertz CT molecular complexity index is 833. The third kappa shape index (κ3) is 2.41. The van der Waals surface area contributed by atoms with Crippen molar-refractivity contribution in [1.82, 2.24) is 14.6 Å². The van der Waals surface area contributed by atoms with Crippen LogP contribution in [0.25, 0.3) is 4.96 Å². The summed E-state index contributed by atoms with van der Waals surface area (Å²) in [5, 5.41) is 13.9. The van der Waals surface area contributed by atoms with E-state index in [9.17, 15) is 9.90 Å². The van der Waals surface area contributed by atoms with E-state index < -0.39 is 0 Å². The second kappa shape index (κ2) is 5.51. The van der Waals surface area contributed by atoms with Crippen molar-refractivity contribution in [2.45, 2.75) is 13.3 Å². The molecule has 2 aromatic heterocycles. The number of aromatic hydroxyl groups is 1. The van der Waals surface area contributed by atoms with Crippen LogP contribution in [0, 0.1) is 0 Å². The van der Waals surface area contributed by atoms with Crippen LogP contribution in [-0.2, 0) is 6.42 Å². The third-order valence-corrected chi connectivity index (χ3v) is 4.93. The molecule has 0 aliphatic rings. The van der Waals surface area contributed by atoms with Gasteiger partial charge >= 0.3 is 0 Å². The molecule has 3 aromatic rings. The van der Waals surface area contributed by atoms with Crippen molar-refractivity contribution >= 4 is 53.9 Å². The Morgan fingerprint density at radius 3 is 2.67 bits per heavy atom. The first-order valence-electron chi connectivity index (χ1n) is 6.06. The van der Waals surface area contributed by atoms with Crippen LogP contribution in [0.3, 0.4) is 0 Å². The lowest BCUT2D eigenvalue weighted by Crippen LogP contribution is -2.09.